The van der Waals surface area contributed by atoms with Crippen LogP contribution in [0.4, 0.5) is 0 Å². The number of aryl methyl sites for hydroxylation is 2. The quantitative estimate of drug-likeness (QED) is 0.878. The van der Waals surface area contributed by atoms with E-state index < -0.39 is 6.10 Å². The molecule has 0 aliphatic rings. The van der Waals surface area contributed by atoms with Crippen LogP contribution < -0.4 is 9.47 Å². The van der Waals surface area contributed by atoms with E-state index in [-0.39, 0.29) is 0 Å². The molecule has 0 spiro atoms. The Bertz CT molecular complexity index is 544. The fraction of sp³-hybridized carbons (Fsp3) is 0.400. The molecule has 0 fully saturated rings. The van der Waals surface area contributed by atoms with Crippen LogP contribution in [-0.2, 0) is 13.5 Å². The van der Waals surface area contributed by atoms with Gasteiger partial charge in [-0.05, 0) is 30.5 Å². The molecule has 2 aromatic rings. The molecule has 5 heteroatoms. The van der Waals surface area contributed by atoms with Gasteiger partial charge in [0.15, 0.2) is 0 Å². The minimum atomic E-state index is -0.638. The van der Waals surface area contributed by atoms with Gasteiger partial charge >= 0.3 is 0 Å². The Balaban J connectivity index is 2.13. The number of hydrogen-bond donors (Lipinski definition) is 1. The Kier molecular flexibility index (Phi) is 4.63. The van der Waals surface area contributed by atoms with Crippen molar-refractivity contribution >= 4 is 0 Å². The molecule has 1 heterocycles. The van der Waals surface area contributed by atoms with Crippen LogP contribution in [0.25, 0.3) is 0 Å². The highest BCUT2D eigenvalue weighted by molar-refractivity contribution is 5.46. The Morgan fingerprint density at radius 2 is 1.90 bits per heavy atom. The maximum absolute atomic E-state index is 10.4. The fourth-order valence-electron chi connectivity index (χ4n) is 2.26. The van der Waals surface area contributed by atoms with E-state index in [4.69, 9.17) is 9.47 Å². The molecule has 1 aromatic heterocycles. The minimum Gasteiger partial charge on any atom is -0.496 e. The average molecular weight is 276 g/mol. The van der Waals surface area contributed by atoms with Crippen LogP contribution in [0.1, 0.15) is 23.7 Å². The SMILES string of the molecule is COc1cccc(OC)c1C(O)CCc1cnn(C)c1. The lowest BCUT2D eigenvalue weighted by molar-refractivity contribution is 0.159. The number of benzene rings is 1. The van der Waals surface area contributed by atoms with E-state index in [0.717, 1.165) is 12.0 Å². The van der Waals surface area contributed by atoms with E-state index in [9.17, 15) is 5.11 Å². The zero-order chi connectivity index (χ0) is 14.5. The van der Waals surface area contributed by atoms with E-state index in [1.807, 2.05) is 37.6 Å². The van der Waals surface area contributed by atoms with Gasteiger partial charge in [0.2, 0.25) is 0 Å². The highest BCUT2D eigenvalue weighted by atomic mass is 16.5. The van der Waals surface area contributed by atoms with Crippen molar-refractivity contribution in [3.05, 3.63) is 41.7 Å². The molecule has 0 saturated carbocycles. The molecule has 0 amide bonds. The second-order valence-electron chi connectivity index (χ2n) is 4.65. The third-order valence-electron chi connectivity index (χ3n) is 3.26. The van der Waals surface area contributed by atoms with Crippen LogP contribution >= 0.6 is 0 Å². The summed E-state index contributed by atoms with van der Waals surface area (Å²) in [4.78, 5) is 0. The van der Waals surface area contributed by atoms with Gasteiger partial charge in [-0.15, -0.1) is 0 Å². The smallest absolute Gasteiger partial charge is 0.128 e. The molecule has 0 aliphatic heterocycles. The number of aliphatic hydroxyl groups excluding tert-OH is 1. The van der Waals surface area contributed by atoms with E-state index in [0.29, 0.717) is 23.5 Å². The third-order valence-corrected chi connectivity index (χ3v) is 3.26. The van der Waals surface area contributed by atoms with Crippen molar-refractivity contribution in [2.75, 3.05) is 14.2 Å². The van der Waals surface area contributed by atoms with Gasteiger partial charge in [0.1, 0.15) is 11.5 Å². The maximum atomic E-state index is 10.4. The second kappa shape index (κ2) is 6.43. The van der Waals surface area contributed by atoms with Crippen LogP contribution in [0.2, 0.25) is 0 Å². The summed E-state index contributed by atoms with van der Waals surface area (Å²) in [7, 11) is 5.06. The van der Waals surface area contributed by atoms with Gasteiger partial charge in [0.25, 0.3) is 0 Å². The largest absolute Gasteiger partial charge is 0.496 e. The average Bonchev–Trinajstić information content (AvgIpc) is 2.89. The predicted molar refractivity (Wildman–Crippen MR) is 76.0 cm³/mol. The molecular formula is C15H20N2O3. The van der Waals surface area contributed by atoms with Crippen LogP contribution in [0.15, 0.2) is 30.6 Å². The lowest BCUT2D eigenvalue weighted by Crippen LogP contribution is -2.04. The van der Waals surface area contributed by atoms with Crippen LogP contribution in [-0.4, -0.2) is 29.1 Å². The number of ether oxygens (including phenoxy) is 2. The fourth-order valence-corrected chi connectivity index (χ4v) is 2.26. The normalized spacial score (nSPS) is 12.2. The second-order valence-corrected chi connectivity index (χ2v) is 4.65. The minimum absolute atomic E-state index is 0.586. The van der Waals surface area contributed by atoms with Gasteiger partial charge in [-0.25, -0.2) is 0 Å². The van der Waals surface area contributed by atoms with E-state index in [2.05, 4.69) is 5.10 Å². The first-order chi connectivity index (χ1) is 9.65. The summed E-state index contributed by atoms with van der Waals surface area (Å²) >= 11 is 0. The van der Waals surface area contributed by atoms with Crippen LogP contribution in [0.5, 0.6) is 11.5 Å². The summed E-state index contributed by atoms with van der Waals surface area (Å²) < 4.78 is 12.4. The third kappa shape index (κ3) is 3.11. The summed E-state index contributed by atoms with van der Waals surface area (Å²) in [6.45, 7) is 0. The Morgan fingerprint density at radius 3 is 2.40 bits per heavy atom. The van der Waals surface area contributed by atoms with Gasteiger partial charge < -0.3 is 14.6 Å². The zero-order valence-corrected chi connectivity index (χ0v) is 12.0. The molecular weight excluding hydrogens is 256 g/mol. The molecule has 0 bridgehead atoms. The number of rotatable bonds is 6. The molecule has 1 aromatic carbocycles. The first-order valence-electron chi connectivity index (χ1n) is 6.52. The number of methoxy groups -OCH3 is 2. The van der Waals surface area contributed by atoms with Crippen molar-refractivity contribution in [2.24, 2.45) is 7.05 Å². The summed E-state index contributed by atoms with van der Waals surface area (Å²) in [6.07, 6.45) is 4.46. The van der Waals surface area contributed by atoms with Gasteiger partial charge in [-0.3, -0.25) is 4.68 Å². The summed E-state index contributed by atoms with van der Waals surface area (Å²) in [5, 5.41) is 14.5. The first kappa shape index (κ1) is 14.4. The van der Waals surface area contributed by atoms with Crippen molar-refractivity contribution in [2.45, 2.75) is 18.9 Å². The summed E-state index contributed by atoms with van der Waals surface area (Å²) in [5.41, 5.74) is 1.79. The van der Waals surface area contributed by atoms with Crippen molar-refractivity contribution in [1.82, 2.24) is 9.78 Å². The van der Waals surface area contributed by atoms with Crippen molar-refractivity contribution < 1.29 is 14.6 Å². The molecule has 20 heavy (non-hydrogen) atoms. The standard InChI is InChI=1S/C15H20N2O3/c1-17-10-11(9-16-17)7-8-12(18)15-13(19-2)5-4-6-14(15)20-3/h4-6,9-10,12,18H,7-8H2,1-3H3. The molecule has 0 radical (unpaired) electrons. The lowest BCUT2D eigenvalue weighted by Gasteiger charge is -2.17. The van der Waals surface area contributed by atoms with Gasteiger partial charge in [-0.1, -0.05) is 6.07 Å². The van der Waals surface area contributed by atoms with E-state index in [1.165, 1.54) is 0 Å². The molecule has 1 N–H and O–H groups in total. The summed E-state index contributed by atoms with van der Waals surface area (Å²) in [5.74, 6) is 1.28. The van der Waals surface area contributed by atoms with Gasteiger partial charge in [0.05, 0.1) is 32.1 Å². The first-order valence-corrected chi connectivity index (χ1v) is 6.52. The van der Waals surface area contributed by atoms with Crippen molar-refractivity contribution in [1.29, 1.82) is 0 Å². The van der Waals surface area contributed by atoms with Crippen molar-refractivity contribution in [3.8, 4) is 11.5 Å². The van der Waals surface area contributed by atoms with Gasteiger partial charge in [0, 0.05) is 13.2 Å². The number of hydrogen-bond acceptors (Lipinski definition) is 4. The molecule has 1 unspecified atom stereocenters. The summed E-state index contributed by atoms with van der Waals surface area (Å²) in [6, 6.07) is 5.49. The zero-order valence-electron chi connectivity index (χ0n) is 12.0. The lowest BCUT2D eigenvalue weighted by atomic mass is 10.0. The molecule has 0 aliphatic carbocycles. The van der Waals surface area contributed by atoms with Crippen molar-refractivity contribution in [3.63, 3.8) is 0 Å². The maximum Gasteiger partial charge on any atom is 0.128 e. The van der Waals surface area contributed by atoms with Crippen LogP contribution in [0.3, 0.4) is 0 Å². The highest BCUT2D eigenvalue weighted by Crippen LogP contribution is 2.35. The Morgan fingerprint density at radius 1 is 1.25 bits per heavy atom. The molecule has 0 saturated heterocycles. The number of aromatic nitrogens is 2. The Hall–Kier alpha value is -2.01. The topological polar surface area (TPSA) is 56.5 Å². The molecule has 5 nitrogen and oxygen atoms in total. The van der Waals surface area contributed by atoms with E-state index in [1.54, 1.807) is 18.9 Å². The number of nitrogens with zero attached hydrogens (tertiary/aromatic N) is 2. The highest BCUT2D eigenvalue weighted by Gasteiger charge is 2.18. The molecule has 2 rings (SSSR count). The molecule has 108 valence electrons. The van der Waals surface area contributed by atoms with E-state index >= 15 is 0 Å². The number of aliphatic hydroxyl groups is 1. The van der Waals surface area contributed by atoms with Gasteiger partial charge in [-0.2, -0.15) is 5.10 Å². The van der Waals surface area contributed by atoms with Crippen LogP contribution in [0, 0.1) is 0 Å². The monoisotopic (exact) mass is 276 g/mol. The predicted octanol–water partition coefficient (Wildman–Crippen LogP) is 2.10. The molecule has 1 atom stereocenters. The Labute approximate surface area is 118 Å².